The summed E-state index contributed by atoms with van der Waals surface area (Å²) in [6.45, 7) is 4.82. The van der Waals surface area contributed by atoms with Gasteiger partial charge in [-0.2, -0.15) is 0 Å². The molecule has 1 aromatic carbocycles. The fraction of sp³-hybridized carbons (Fsp3) is 0.579. The van der Waals surface area contributed by atoms with Gasteiger partial charge in [-0.15, -0.1) is 0 Å². The van der Waals surface area contributed by atoms with Gasteiger partial charge in [-0.05, 0) is 32.1 Å². The van der Waals surface area contributed by atoms with Gasteiger partial charge in [0, 0.05) is 45.1 Å². The standard InChI is InChI=1S/C19H28FN3O2/c1-15(14-16-6-4-5-7-17(16)20)19(25)23-12-10-22(11-13-23)18(24)8-9-21(2)3/h4-7,15H,8-14H2,1-3H3. The van der Waals surface area contributed by atoms with Crippen LogP contribution in [0.25, 0.3) is 0 Å². The molecule has 1 aliphatic rings. The number of halogens is 1. The van der Waals surface area contributed by atoms with E-state index in [2.05, 4.69) is 0 Å². The lowest BCUT2D eigenvalue weighted by Gasteiger charge is -2.36. The van der Waals surface area contributed by atoms with Gasteiger partial charge in [0.2, 0.25) is 11.8 Å². The molecule has 0 radical (unpaired) electrons. The van der Waals surface area contributed by atoms with Gasteiger partial charge < -0.3 is 14.7 Å². The van der Waals surface area contributed by atoms with E-state index in [9.17, 15) is 14.0 Å². The molecule has 2 amide bonds. The number of piperazine rings is 1. The van der Waals surface area contributed by atoms with Crippen LogP contribution >= 0.6 is 0 Å². The molecule has 6 heteroatoms. The van der Waals surface area contributed by atoms with Crippen molar-refractivity contribution in [3.8, 4) is 0 Å². The fourth-order valence-electron chi connectivity index (χ4n) is 3.05. The summed E-state index contributed by atoms with van der Waals surface area (Å²) in [6.07, 6.45) is 0.901. The Hall–Kier alpha value is -1.95. The lowest BCUT2D eigenvalue weighted by molar-refractivity contribution is -0.141. The molecule has 1 atom stereocenters. The number of hydrogen-bond acceptors (Lipinski definition) is 3. The van der Waals surface area contributed by atoms with Gasteiger partial charge in [-0.1, -0.05) is 25.1 Å². The molecule has 138 valence electrons. The van der Waals surface area contributed by atoms with E-state index in [0.29, 0.717) is 44.6 Å². The molecular formula is C19H28FN3O2. The topological polar surface area (TPSA) is 43.9 Å². The van der Waals surface area contributed by atoms with Crippen LogP contribution in [0.15, 0.2) is 24.3 Å². The number of carbonyl (C=O) groups excluding carboxylic acids is 2. The van der Waals surface area contributed by atoms with Gasteiger partial charge in [0.15, 0.2) is 0 Å². The van der Waals surface area contributed by atoms with Crippen molar-refractivity contribution in [2.24, 2.45) is 5.92 Å². The third-order valence-electron chi connectivity index (χ3n) is 4.62. The molecule has 1 fully saturated rings. The van der Waals surface area contributed by atoms with Crippen molar-refractivity contribution < 1.29 is 14.0 Å². The van der Waals surface area contributed by atoms with E-state index >= 15 is 0 Å². The van der Waals surface area contributed by atoms with Crippen LogP contribution in [0.5, 0.6) is 0 Å². The molecule has 1 aliphatic heterocycles. The van der Waals surface area contributed by atoms with Crippen LogP contribution in [-0.2, 0) is 16.0 Å². The summed E-state index contributed by atoms with van der Waals surface area (Å²) < 4.78 is 13.8. The average molecular weight is 349 g/mol. The molecule has 2 rings (SSSR count). The smallest absolute Gasteiger partial charge is 0.225 e. The molecule has 0 N–H and O–H groups in total. The number of hydrogen-bond donors (Lipinski definition) is 0. The molecule has 1 heterocycles. The van der Waals surface area contributed by atoms with Gasteiger partial charge in [0.1, 0.15) is 5.82 Å². The summed E-state index contributed by atoms with van der Waals surface area (Å²) >= 11 is 0. The Bertz CT molecular complexity index is 598. The molecule has 0 bridgehead atoms. The highest BCUT2D eigenvalue weighted by Gasteiger charge is 2.27. The second-order valence-corrected chi connectivity index (χ2v) is 6.96. The van der Waals surface area contributed by atoms with E-state index in [-0.39, 0.29) is 23.5 Å². The second kappa shape index (κ2) is 8.94. The summed E-state index contributed by atoms with van der Waals surface area (Å²) in [7, 11) is 3.89. The van der Waals surface area contributed by atoms with Crippen LogP contribution in [0.3, 0.4) is 0 Å². The summed E-state index contributed by atoms with van der Waals surface area (Å²) in [5.41, 5.74) is 0.570. The average Bonchev–Trinajstić information content (AvgIpc) is 2.61. The molecule has 25 heavy (non-hydrogen) atoms. The van der Waals surface area contributed by atoms with Crippen LogP contribution in [0, 0.1) is 11.7 Å². The van der Waals surface area contributed by atoms with E-state index in [1.807, 2.05) is 30.8 Å². The van der Waals surface area contributed by atoms with Gasteiger partial charge in [0.05, 0.1) is 0 Å². The van der Waals surface area contributed by atoms with Gasteiger partial charge in [-0.25, -0.2) is 4.39 Å². The zero-order valence-corrected chi connectivity index (χ0v) is 15.4. The fourth-order valence-corrected chi connectivity index (χ4v) is 3.05. The third-order valence-corrected chi connectivity index (χ3v) is 4.62. The van der Waals surface area contributed by atoms with E-state index in [4.69, 9.17) is 0 Å². The molecule has 1 saturated heterocycles. The van der Waals surface area contributed by atoms with Crippen molar-refractivity contribution in [3.63, 3.8) is 0 Å². The molecule has 1 aromatic rings. The van der Waals surface area contributed by atoms with Crippen molar-refractivity contribution in [1.29, 1.82) is 0 Å². The zero-order valence-electron chi connectivity index (χ0n) is 15.4. The van der Waals surface area contributed by atoms with Crippen LogP contribution in [0.4, 0.5) is 4.39 Å². The Morgan fingerprint density at radius 3 is 2.32 bits per heavy atom. The largest absolute Gasteiger partial charge is 0.339 e. The predicted molar refractivity (Wildman–Crippen MR) is 95.6 cm³/mol. The molecule has 0 saturated carbocycles. The predicted octanol–water partition coefficient (Wildman–Crippen LogP) is 1.63. The van der Waals surface area contributed by atoms with Crippen molar-refractivity contribution in [3.05, 3.63) is 35.6 Å². The first-order valence-electron chi connectivity index (χ1n) is 8.83. The van der Waals surface area contributed by atoms with Crippen molar-refractivity contribution in [2.75, 3.05) is 46.8 Å². The summed E-state index contributed by atoms with van der Waals surface area (Å²) in [6, 6.07) is 6.58. The number of carbonyl (C=O) groups is 2. The van der Waals surface area contributed by atoms with Crippen LogP contribution in [0.1, 0.15) is 18.9 Å². The first-order valence-corrected chi connectivity index (χ1v) is 8.83. The molecule has 0 aliphatic carbocycles. The lowest BCUT2D eigenvalue weighted by atomic mass is 9.99. The van der Waals surface area contributed by atoms with E-state index in [1.165, 1.54) is 6.07 Å². The van der Waals surface area contributed by atoms with Crippen LogP contribution < -0.4 is 0 Å². The van der Waals surface area contributed by atoms with E-state index in [0.717, 1.165) is 6.54 Å². The van der Waals surface area contributed by atoms with E-state index in [1.54, 1.807) is 23.1 Å². The number of rotatable bonds is 6. The normalized spacial score (nSPS) is 16.2. The van der Waals surface area contributed by atoms with Crippen LogP contribution in [0.2, 0.25) is 0 Å². The number of amides is 2. The minimum absolute atomic E-state index is 0.0312. The first-order chi connectivity index (χ1) is 11.9. The van der Waals surface area contributed by atoms with Crippen LogP contribution in [-0.4, -0.2) is 73.3 Å². The Morgan fingerprint density at radius 1 is 1.12 bits per heavy atom. The Kier molecular flexibility index (Phi) is 6.93. The maximum Gasteiger partial charge on any atom is 0.225 e. The Morgan fingerprint density at radius 2 is 1.72 bits per heavy atom. The number of benzene rings is 1. The van der Waals surface area contributed by atoms with Gasteiger partial charge >= 0.3 is 0 Å². The summed E-state index contributed by atoms with van der Waals surface area (Å²) in [4.78, 5) is 30.4. The molecule has 1 unspecified atom stereocenters. The monoisotopic (exact) mass is 349 g/mol. The summed E-state index contributed by atoms with van der Waals surface area (Å²) in [5.74, 6) is -0.366. The quantitative estimate of drug-likeness (QED) is 0.784. The van der Waals surface area contributed by atoms with Crippen molar-refractivity contribution in [1.82, 2.24) is 14.7 Å². The summed E-state index contributed by atoms with van der Waals surface area (Å²) in [5, 5.41) is 0. The molecule has 0 aromatic heterocycles. The zero-order chi connectivity index (χ0) is 18.4. The molecule has 5 nitrogen and oxygen atoms in total. The number of nitrogens with zero attached hydrogens (tertiary/aromatic N) is 3. The highest BCUT2D eigenvalue weighted by molar-refractivity contribution is 5.80. The Labute approximate surface area is 149 Å². The Balaban J connectivity index is 1.82. The molecule has 0 spiro atoms. The third kappa shape index (κ3) is 5.53. The highest BCUT2D eigenvalue weighted by Crippen LogP contribution is 2.16. The van der Waals surface area contributed by atoms with Gasteiger partial charge in [-0.3, -0.25) is 9.59 Å². The lowest BCUT2D eigenvalue weighted by Crippen LogP contribution is -2.52. The van der Waals surface area contributed by atoms with Crippen molar-refractivity contribution >= 4 is 11.8 Å². The highest BCUT2D eigenvalue weighted by atomic mass is 19.1. The van der Waals surface area contributed by atoms with Gasteiger partial charge in [0.25, 0.3) is 0 Å². The SMILES string of the molecule is CC(Cc1ccccc1F)C(=O)N1CCN(C(=O)CCN(C)C)CC1. The molecular weight excluding hydrogens is 321 g/mol. The maximum absolute atomic E-state index is 13.8. The second-order valence-electron chi connectivity index (χ2n) is 6.96. The maximum atomic E-state index is 13.8. The minimum atomic E-state index is -0.270. The first kappa shape index (κ1) is 19.4. The minimum Gasteiger partial charge on any atom is -0.339 e. The van der Waals surface area contributed by atoms with Crippen molar-refractivity contribution in [2.45, 2.75) is 19.8 Å². The van der Waals surface area contributed by atoms with E-state index < -0.39 is 0 Å².